The van der Waals surface area contributed by atoms with Crippen LogP contribution in [0.25, 0.3) is 5.95 Å². The van der Waals surface area contributed by atoms with Gasteiger partial charge in [0.05, 0.1) is 0 Å². The predicted octanol–water partition coefficient (Wildman–Crippen LogP) is 3.30. The average molecular weight is 358 g/mol. The highest BCUT2D eigenvalue weighted by Gasteiger charge is 2.33. The first-order valence-corrected chi connectivity index (χ1v) is 7.91. The lowest BCUT2D eigenvalue weighted by Crippen LogP contribution is -2.09. The van der Waals surface area contributed by atoms with E-state index in [0.29, 0.717) is 15.1 Å². The third kappa shape index (κ3) is 3.67. The second kappa shape index (κ2) is 5.89. The predicted molar refractivity (Wildman–Crippen MR) is 77.7 cm³/mol. The van der Waals surface area contributed by atoms with Crippen molar-refractivity contribution in [2.75, 3.05) is 0 Å². The Morgan fingerprint density at radius 3 is 2.57 bits per heavy atom. The molecule has 0 unspecified atom stereocenters. The van der Waals surface area contributed by atoms with Gasteiger partial charge in [-0.2, -0.15) is 18.3 Å². The highest BCUT2D eigenvalue weighted by molar-refractivity contribution is 8.01. The number of halogens is 3. The maximum atomic E-state index is 12.6. The lowest BCUT2D eigenvalue weighted by molar-refractivity contribution is -0.141. The van der Waals surface area contributed by atoms with Gasteiger partial charge in [0.2, 0.25) is 0 Å². The molecule has 0 saturated heterocycles. The Balaban J connectivity index is 1.92. The molecule has 0 radical (unpaired) electrons. The molecule has 0 aliphatic heterocycles. The van der Waals surface area contributed by atoms with Crippen LogP contribution in [0.4, 0.5) is 13.2 Å². The Bertz CT molecular complexity index is 841. The van der Waals surface area contributed by atoms with Crippen LogP contribution in [0.5, 0.6) is 0 Å². The Kier molecular flexibility index (Phi) is 4.06. The van der Waals surface area contributed by atoms with Crippen molar-refractivity contribution in [2.24, 2.45) is 0 Å². The first kappa shape index (κ1) is 15.9. The molecule has 0 fully saturated rings. The summed E-state index contributed by atoms with van der Waals surface area (Å²) in [6, 6.07) is 2.60. The number of alkyl halides is 3. The van der Waals surface area contributed by atoms with E-state index >= 15 is 0 Å². The molecule has 3 heterocycles. The van der Waals surface area contributed by atoms with E-state index in [0.717, 1.165) is 15.8 Å². The van der Waals surface area contributed by atoms with E-state index in [1.165, 1.54) is 29.3 Å². The van der Waals surface area contributed by atoms with Crippen molar-refractivity contribution in [1.29, 1.82) is 0 Å². The fourth-order valence-electron chi connectivity index (χ4n) is 1.67. The van der Waals surface area contributed by atoms with E-state index in [-0.39, 0.29) is 5.95 Å². The maximum absolute atomic E-state index is 12.6. The standard InChI is InChI=1S/C12H9F3N6S2/c1-6-5-9(23-11-19-18-7(2)22-11)17-10(16-6)21-4-3-8(20-21)12(13,14)15/h3-5H,1-2H3. The van der Waals surface area contributed by atoms with Gasteiger partial charge in [-0.3, -0.25) is 0 Å². The van der Waals surface area contributed by atoms with E-state index in [4.69, 9.17) is 0 Å². The van der Waals surface area contributed by atoms with Crippen molar-refractivity contribution in [3.05, 3.63) is 34.7 Å². The molecular formula is C12H9F3N6S2. The van der Waals surface area contributed by atoms with Crippen molar-refractivity contribution in [3.8, 4) is 5.95 Å². The third-order valence-electron chi connectivity index (χ3n) is 2.60. The Hall–Kier alpha value is -2.01. The van der Waals surface area contributed by atoms with Gasteiger partial charge in [0.15, 0.2) is 10.0 Å². The molecule has 120 valence electrons. The normalized spacial score (nSPS) is 11.9. The number of aromatic nitrogens is 6. The van der Waals surface area contributed by atoms with Gasteiger partial charge in [-0.05, 0) is 37.7 Å². The Morgan fingerprint density at radius 2 is 1.96 bits per heavy atom. The van der Waals surface area contributed by atoms with Crippen molar-refractivity contribution in [3.63, 3.8) is 0 Å². The molecule has 0 aliphatic carbocycles. The minimum atomic E-state index is -4.50. The van der Waals surface area contributed by atoms with E-state index < -0.39 is 11.9 Å². The minimum Gasteiger partial charge on any atom is -0.216 e. The molecule has 0 aliphatic rings. The van der Waals surface area contributed by atoms with Gasteiger partial charge in [0.1, 0.15) is 10.0 Å². The number of hydrogen-bond acceptors (Lipinski definition) is 7. The molecule has 3 aromatic rings. The smallest absolute Gasteiger partial charge is 0.216 e. The van der Waals surface area contributed by atoms with Crippen LogP contribution in [-0.4, -0.2) is 29.9 Å². The molecule has 3 rings (SSSR count). The molecule has 23 heavy (non-hydrogen) atoms. The van der Waals surface area contributed by atoms with Crippen LogP contribution in [0.1, 0.15) is 16.4 Å². The van der Waals surface area contributed by atoms with Crippen molar-refractivity contribution in [1.82, 2.24) is 29.9 Å². The van der Waals surface area contributed by atoms with E-state index in [1.54, 1.807) is 13.0 Å². The van der Waals surface area contributed by atoms with Crippen LogP contribution in [0, 0.1) is 13.8 Å². The number of aryl methyl sites for hydroxylation is 2. The summed E-state index contributed by atoms with van der Waals surface area (Å²) in [6.45, 7) is 3.57. The summed E-state index contributed by atoms with van der Waals surface area (Å²) < 4.78 is 39.6. The van der Waals surface area contributed by atoms with Crippen molar-refractivity contribution < 1.29 is 13.2 Å². The summed E-state index contributed by atoms with van der Waals surface area (Å²) in [7, 11) is 0. The third-order valence-corrected chi connectivity index (χ3v) is 4.41. The second-order valence-electron chi connectivity index (χ2n) is 4.48. The highest BCUT2D eigenvalue weighted by Crippen LogP contribution is 2.30. The van der Waals surface area contributed by atoms with Crippen LogP contribution in [0.15, 0.2) is 27.7 Å². The SMILES string of the molecule is Cc1cc(Sc2nnc(C)s2)nc(-n2ccc(C(F)(F)F)n2)n1. The van der Waals surface area contributed by atoms with Gasteiger partial charge in [0.25, 0.3) is 5.95 Å². The molecule has 0 spiro atoms. The molecular weight excluding hydrogens is 349 g/mol. The largest absolute Gasteiger partial charge is 0.435 e. The van der Waals surface area contributed by atoms with E-state index in [9.17, 15) is 13.2 Å². The topological polar surface area (TPSA) is 69.4 Å². The zero-order valence-corrected chi connectivity index (χ0v) is 13.5. The van der Waals surface area contributed by atoms with Gasteiger partial charge in [-0.15, -0.1) is 10.2 Å². The van der Waals surface area contributed by atoms with Crippen LogP contribution in [0.2, 0.25) is 0 Å². The Labute approximate surface area is 136 Å². The first-order chi connectivity index (χ1) is 10.8. The molecule has 0 amide bonds. The Morgan fingerprint density at radius 1 is 1.17 bits per heavy atom. The summed E-state index contributed by atoms with van der Waals surface area (Å²) in [6.07, 6.45) is -3.32. The van der Waals surface area contributed by atoms with Gasteiger partial charge in [0, 0.05) is 11.9 Å². The molecule has 0 N–H and O–H groups in total. The quantitative estimate of drug-likeness (QED) is 0.669. The number of nitrogens with zero attached hydrogens (tertiary/aromatic N) is 6. The summed E-state index contributed by atoms with van der Waals surface area (Å²) in [5.41, 5.74) is -0.376. The van der Waals surface area contributed by atoms with E-state index in [2.05, 4.69) is 25.3 Å². The molecule has 0 aromatic carbocycles. The summed E-state index contributed by atoms with van der Waals surface area (Å²) >= 11 is 2.68. The maximum Gasteiger partial charge on any atom is 0.435 e. The van der Waals surface area contributed by atoms with Gasteiger partial charge in [-0.1, -0.05) is 11.3 Å². The van der Waals surface area contributed by atoms with Crippen LogP contribution in [-0.2, 0) is 6.18 Å². The van der Waals surface area contributed by atoms with Gasteiger partial charge >= 0.3 is 6.18 Å². The molecule has 0 bridgehead atoms. The molecule has 0 saturated carbocycles. The van der Waals surface area contributed by atoms with Gasteiger partial charge in [-0.25, -0.2) is 14.6 Å². The zero-order chi connectivity index (χ0) is 16.6. The van der Waals surface area contributed by atoms with Crippen LogP contribution in [0.3, 0.4) is 0 Å². The minimum absolute atomic E-state index is 0.0734. The molecule has 6 nitrogen and oxygen atoms in total. The zero-order valence-electron chi connectivity index (χ0n) is 11.9. The number of rotatable bonds is 3. The monoisotopic (exact) mass is 358 g/mol. The average Bonchev–Trinajstić information content (AvgIpc) is 3.06. The summed E-state index contributed by atoms with van der Waals surface area (Å²) in [4.78, 5) is 8.35. The molecule has 11 heteroatoms. The van der Waals surface area contributed by atoms with Gasteiger partial charge < -0.3 is 0 Å². The summed E-state index contributed by atoms with van der Waals surface area (Å²) in [5, 5.41) is 12.7. The van der Waals surface area contributed by atoms with E-state index in [1.807, 2.05) is 6.92 Å². The van der Waals surface area contributed by atoms with Crippen molar-refractivity contribution >= 4 is 23.1 Å². The summed E-state index contributed by atoms with van der Waals surface area (Å²) in [5.74, 6) is 0.0734. The fraction of sp³-hybridized carbons (Fsp3) is 0.250. The molecule has 3 aromatic heterocycles. The second-order valence-corrected chi connectivity index (χ2v) is 6.93. The lowest BCUT2D eigenvalue weighted by atomic mass is 10.4. The fourth-order valence-corrected chi connectivity index (χ4v) is 3.49. The van der Waals surface area contributed by atoms with Crippen LogP contribution < -0.4 is 0 Å². The van der Waals surface area contributed by atoms with Crippen molar-refractivity contribution in [2.45, 2.75) is 29.4 Å². The highest BCUT2D eigenvalue weighted by atomic mass is 32.2. The number of hydrogen-bond donors (Lipinski definition) is 0. The first-order valence-electron chi connectivity index (χ1n) is 6.28. The lowest BCUT2D eigenvalue weighted by Gasteiger charge is -2.05. The van der Waals surface area contributed by atoms with Crippen LogP contribution >= 0.6 is 23.1 Å². The molecule has 0 atom stereocenters.